The van der Waals surface area contributed by atoms with Gasteiger partial charge < -0.3 is 5.73 Å². The molecular weight excluding hydrogens is 122 g/mol. The van der Waals surface area contributed by atoms with Gasteiger partial charge in [0.05, 0.1) is 0 Å². The molecule has 58 valence electrons. The molecule has 1 heteroatoms. The van der Waals surface area contributed by atoms with E-state index in [0.717, 1.165) is 5.41 Å². The highest BCUT2D eigenvalue weighted by Crippen LogP contribution is 2.63. The van der Waals surface area contributed by atoms with Crippen LogP contribution in [0.5, 0.6) is 0 Å². The van der Waals surface area contributed by atoms with Gasteiger partial charge in [-0.05, 0) is 36.5 Å². The summed E-state index contributed by atoms with van der Waals surface area (Å²) in [4.78, 5) is 0. The van der Waals surface area contributed by atoms with Crippen LogP contribution in [0.2, 0.25) is 0 Å². The summed E-state index contributed by atoms with van der Waals surface area (Å²) >= 11 is 0. The van der Waals surface area contributed by atoms with Crippen molar-refractivity contribution in [1.29, 1.82) is 0 Å². The number of nitrogens with two attached hydrogens (primary N) is 1. The molecule has 2 aliphatic rings. The van der Waals surface area contributed by atoms with Gasteiger partial charge in [0.15, 0.2) is 0 Å². The molecule has 0 amide bonds. The molecule has 0 bridgehead atoms. The zero-order valence-electron chi connectivity index (χ0n) is 6.98. The van der Waals surface area contributed by atoms with Crippen molar-refractivity contribution in [3.05, 3.63) is 0 Å². The first-order valence-electron chi connectivity index (χ1n) is 4.27. The lowest BCUT2D eigenvalue weighted by Crippen LogP contribution is -2.56. The minimum absolute atomic E-state index is 0.538. The van der Waals surface area contributed by atoms with Crippen molar-refractivity contribution in [1.82, 2.24) is 0 Å². The third-order valence-electron chi connectivity index (χ3n) is 3.10. The quantitative estimate of drug-likeness (QED) is 0.545. The fourth-order valence-electron chi connectivity index (χ4n) is 3.32. The maximum absolute atomic E-state index is 5.75. The molecule has 2 rings (SSSR count). The smallest absolute Gasteiger partial charge is 0.00494 e. The minimum Gasteiger partial charge on any atom is -0.328 e. The molecule has 10 heavy (non-hydrogen) atoms. The SMILES string of the molecule is CC1(C)CC2(CC(N)C2)C1. The Morgan fingerprint density at radius 1 is 1.20 bits per heavy atom. The van der Waals surface area contributed by atoms with Crippen molar-refractivity contribution in [3.8, 4) is 0 Å². The van der Waals surface area contributed by atoms with Gasteiger partial charge in [-0.15, -0.1) is 0 Å². The van der Waals surface area contributed by atoms with Crippen molar-refractivity contribution in [3.63, 3.8) is 0 Å². The van der Waals surface area contributed by atoms with Gasteiger partial charge in [0.2, 0.25) is 0 Å². The van der Waals surface area contributed by atoms with E-state index in [0.29, 0.717) is 11.5 Å². The topological polar surface area (TPSA) is 26.0 Å². The fraction of sp³-hybridized carbons (Fsp3) is 1.00. The molecule has 0 aliphatic heterocycles. The van der Waals surface area contributed by atoms with Crippen LogP contribution in [0.4, 0.5) is 0 Å². The molecule has 0 aromatic heterocycles. The zero-order chi connectivity index (χ0) is 7.41. The summed E-state index contributed by atoms with van der Waals surface area (Å²) < 4.78 is 0. The fourth-order valence-corrected chi connectivity index (χ4v) is 3.32. The van der Waals surface area contributed by atoms with Gasteiger partial charge in [-0.3, -0.25) is 0 Å². The van der Waals surface area contributed by atoms with E-state index in [1.165, 1.54) is 25.7 Å². The van der Waals surface area contributed by atoms with E-state index in [-0.39, 0.29) is 0 Å². The summed E-state index contributed by atoms with van der Waals surface area (Å²) in [5.74, 6) is 0. The van der Waals surface area contributed by atoms with Crippen LogP contribution in [0.25, 0.3) is 0 Å². The largest absolute Gasteiger partial charge is 0.328 e. The maximum Gasteiger partial charge on any atom is 0.00494 e. The molecule has 0 radical (unpaired) electrons. The molecule has 0 atom stereocenters. The van der Waals surface area contributed by atoms with Crippen LogP contribution in [0.1, 0.15) is 39.5 Å². The second-order valence-corrected chi connectivity index (χ2v) is 5.19. The Hall–Kier alpha value is -0.0400. The Balaban J connectivity index is 1.91. The van der Waals surface area contributed by atoms with Gasteiger partial charge in [0, 0.05) is 6.04 Å². The molecule has 1 spiro atoms. The Bertz CT molecular complexity index is 144. The average molecular weight is 139 g/mol. The summed E-state index contributed by atoms with van der Waals surface area (Å²) in [7, 11) is 0. The van der Waals surface area contributed by atoms with Crippen molar-refractivity contribution in [2.24, 2.45) is 16.6 Å². The van der Waals surface area contributed by atoms with Crippen molar-refractivity contribution in [2.75, 3.05) is 0 Å². The van der Waals surface area contributed by atoms with E-state index < -0.39 is 0 Å². The molecule has 2 saturated carbocycles. The molecule has 2 fully saturated rings. The molecule has 2 aliphatic carbocycles. The van der Waals surface area contributed by atoms with Gasteiger partial charge in [-0.1, -0.05) is 13.8 Å². The van der Waals surface area contributed by atoms with Crippen molar-refractivity contribution in [2.45, 2.75) is 45.6 Å². The zero-order valence-corrected chi connectivity index (χ0v) is 6.98. The molecule has 0 saturated heterocycles. The summed E-state index contributed by atoms with van der Waals surface area (Å²) in [6.45, 7) is 4.73. The molecular formula is C9H17N. The van der Waals surface area contributed by atoms with Crippen LogP contribution in [0.3, 0.4) is 0 Å². The number of hydrogen-bond donors (Lipinski definition) is 1. The summed E-state index contributed by atoms with van der Waals surface area (Å²) in [5.41, 5.74) is 7.12. The van der Waals surface area contributed by atoms with Crippen LogP contribution < -0.4 is 5.73 Å². The first-order chi connectivity index (χ1) is 4.52. The first kappa shape index (κ1) is 6.66. The Labute approximate surface area is 63.0 Å². The highest BCUT2D eigenvalue weighted by atomic mass is 14.7. The number of hydrogen-bond acceptors (Lipinski definition) is 1. The minimum atomic E-state index is 0.538. The van der Waals surface area contributed by atoms with E-state index in [1.807, 2.05) is 0 Å². The lowest BCUT2D eigenvalue weighted by atomic mass is 9.45. The second kappa shape index (κ2) is 1.58. The first-order valence-corrected chi connectivity index (χ1v) is 4.27. The molecule has 0 aromatic rings. The maximum atomic E-state index is 5.75. The van der Waals surface area contributed by atoms with Gasteiger partial charge in [-0.2, -0.15) is 0 Å². The Morgan fingerprint density at radius 2 is 1.70 bits per heavy atom. The highest BCUT2D eigenvalue weighted by Gasteiger charge is 2.54. The summed E-state index contributed by atoms with van der Waals surface area (Å²) in [6.07, 6.45) is 5.45. The Morgan fingerprint density at radius 3 is 2.00 bits per heavy atom. The average Bonchev–Trinajstić information content (AvgIpc) is 1.55. The van der Waals surface area contributed by atoms with E-state index in [9.17, 15) is 0 Å². The molecule has 1 nitrogen and oxygen atoms in total. The van der Waals surface area contributed by atoms with Crippen LogP contribution in [0.15, 0.2) is 0 Å². The van der Waals surface area contributed by atoms with Gasteiger partial charge in [0.25, 0.3) is 0 Å². The van der Waals surface area contributed by atoms with Crippen LogP contribution >= 0.6 is 0 Å². The molecule has 2 N–H and O–H groups in total. The second-order valence-electron chi connectivity index (χ2n) is 5.19. The van der Waals surface area contributed by atoms with E-state index >= 15 is 0 Å². The van der Waals surface area contributed by atoms with E-state index in [2.05, 4.69) is 13.8 Å². The van der Waals surface area contributed by atoms with E-state index in [4.69, 9.17) is 5.73 Å². The van der Waals surface area contributed by atoms with Crippen LogP contribution in [-0.2, 0) is 0 Å². The predicted octanol–water partition coefficient (Wildman–Crippen LogP) is 1.91. The normalized spacial score (nSPS) is 35.1. The Kier molecular flexibility index (Phi) is 1.05. The standard InChI is InChI=1S/C9H17N/c1-8(2)5-9(6-8)3-7(10)4-9/h7H,3-6,10H2,1-2H3. The predicted molar refractivity (Wildman–Crippen MR) is 42.7 cm³/mol. The highest BCUT2D eigenvalue weighted by molar-refractivity contribution is 5.07. The van der Waals surface area contributed by atoms with Crippen LogP contribution in [0, 0.1) is 10.8 Å². The summed E-state index contributed by atoms with van der Waals surface area (Å²) in [5, 5.41) is 0. The summed E-state index contributed by atoms with van der Waals surface area (Å²) in [6, 6.07) is 0.538. The van der Waals surface area contributed by atoms with Gasteiger partial charge >= 0.3 is 0 Å². The third kappa shape index (κ3) is 0.800. The van der Waals surface area contributed by atoms with Gasteiger partial charge in [-0.25, -0.2) is 0 Å². The third-order valence-corrected chi connectivity index (χ3v) is 3.10. The van der Waals surface area contributed by atoms with Gasteiger partial charge in [0.1, 0.15) is 0 Å². The lowest BCUT2D eigenvalue weighted by molar-refractivity contribution is -0.0861. The van der Waals surface area contributed by atoms with Crippen LogP contribution in [-0.4, -0.2) is 6.04 Å². The van der Waals surface area contributed by atoms with E-state index in [1.54, 1.807) is 0 Å². The molecule has 0 unspecified atom stereocenters. The van der Waals surface area contributed by atoms with Crippen molar-refractivity contribution < 1.29 is 0 Å². The monoisotopic (exact) mass is 139 g/mol. The molecule has 0 heterocycles. The molecule has 0 aromatic carbocycles. The van der Waals surface area contributed by atoms with Crippen molar-refractivity contribution >= 4 is 0 Å². The number of rotatable bonds is 0. The lowest BCUT2D eigenvalue weighted by Gasteiger charge is -2.61.